The topological polar surface area (TPSA) is 47.7 Å². The predicted octanol–water partition coefficient (Wildman–Crippen LogP) is 3.66. The van der Waals surface area contributed by atoms with E-state index in [1.807, 2.05) is 43.3 Å². The third kappa shape index (κ3) is 3.68. The van der Waals surface area contributed by atoms with Crippen molar-refractivity contribution >= 4 is 21.6 Å². The Hall–Kier alpha value is -1.72. The molecule has 0 atom stereocenters. The van der Waals surface area contributed by atoms with Crippen molar-refractivity contribution in [2.45, 2.75) is 13.5 Å². The van der Waals surface area contributed by atoms with Crippen molar-refractivity contribution in [1.82, 2.24) is 0 Å². The number of hydrogen-bond acceptors (Lipinski definition) is 4. The Morgan fingerprint density at radius 1 is 1.19 bits per heavy atom. The summed E-state index contributed by atoms with van der Waals surface area (Å²) in [6.07, 6.45) is 0. The molecule has 0 amide bonds. The maximum atomic E-state index is 5.93. The van der Waals surface area contributed by atoms with Crippen LogP contribution in [0.5, 0.6) is 11.5 Å². The highest BCUT2D eigenvalue weighted by molar-refractivity contribution is 9.10. The quantitative estimate of drug-likeness (QED) is 0.660. The van der Waals surface area contributed by atoms with Crippen LogP contribution in [-0.4, -0.2) is 14.2 Å². The highest BCUT2D eigenvalue weighted by Crippen LogP contribution is 2.30. The zero-order valence-corrected chi connectivity index (χ0v) is 14.0. The molecule has 0 spiro atoms. The first-order valence-corrected chi connectivity index (χ1v) is 7.35. The molecule has 0 aromatic heterocycles. The number of aryl methyl sites for hydroxylation is 1. The van der Waals surface area contributed by atoms with E-state index in [1.54, 1.807) is 19.2 Å². The summed E-state index contributed by atoms with van der Waals surface area (Å²) in [5.74, 6) is 7.48. The SMILES string of the molecule is COc1cccc(N(C)N)c1COc1ccc(Br)cc1C. The van der Waals surface area contributed by atoms with Gasteiger partial charge in [-0.1, -0.05) is 22.0 Å². The first kappa shape index (κ1) is 15.7. The van der Waals surface area contributed by atoms with Crippen LogP contribution in [0.4, 0.5) is 5.69 Å². The van der Waals surface area contributed by atoms with Gasteiger partial charge in [0.2, 0.25) is 0 Å². The summed E-state index contributed by atoms with van der Waals surface area (Å²) in [7, 11) is 3.44. The molecule has 5 heteroatoms. The lowest BCUT2D eigenvalue weighted by molar-refractivity contribution is 0.295. The number of halogens is 1. The molecule has 4 nitrogen and oxygen atoms in total. The van der Waals surface area contributed by atoms with Gasteiger partial charge in [0.25, 0.3) is 0 Å². The molecule has 2 N–H and O–H groups in total. The number of nitrogens with two attached hydrogens (primary N) is 1. The fraction of sp³-hybridized carbons (Fsp3) is 0.250. The molecule has 0 fully saturated rings. The summed E-state index contributed by atoms with van der Waals surface area (Å²) in [6, 6.07) is 11.7. The van der Waals surface area contributed by atoms with Gasteiger partial charge in [0.15, 0.2) is 0 Å². The highest BCUT2D eigenvalue weighted by atomic mass is 79.9. The van der Waals surface area contributed by atoms with Crippen molar-refractivity contribution in [1.29, 1.82) is 0 Å². The van der Waals surface area contributed by atoms with Gasteiger partial charge in [0.1, 0.15) is 18.1 Å². The lowest BCUT2D eigenvalue weighted by Gasteiger charge is -2.20. The Labute approximate surface area is 133 Å². The van der Waals surface area contributed by atoms with E-state index in [1.165, 1.54) is 0 Å². The number of hydrogen-bond donors (Lipinski definition) is 1. The summed E-state index contributed by atoms with van der Waals surface area (Å²) in [5.41, 5.74) is 2.87. The van der Waals surface area contributed by atoms with Crippen LogP contribution in [-0.2, 0) is 6.61 Å². The first-order chi connectivity index (χ1) is 10.0. The summed E-state index contributed by atoms with van der Waals surface area (Å²) in [5, 5.41) is 1.57. The van der Waals surface area contributed by atoms with Crippen LogP contribution in [0.1, 0.15) is 11.1 Å². The third-order valence-electron chi connectivity index (χ3n) is 3.22. The number of rotatable bonds is 5. The third-order valence-corrected chi connectivity index (χ3v) is 3.71. The van der Waals surface area contributed by atoms with Gasteiger partial charge < -0.3 is 14.5 Å². The molecule has 21 heavy (non-hydrogen) atoms. The zero-order valence-electron chi connectivity index (χ0n) is 12.4. The van der Waals surface area contributed by atoms with Crippen molar-refractivity contribution < 1.29 is 9.47 Å². The van der Waals surface area contributed by atoms with E-state index in [4.69, 9.17) is 15.3 Å². The van der Waals surface area contributed by atoms with Crippen LogP contribution in [0, 0.1) is 6.92 Å². The van der Waals surface area contributed by atoms with E-state index < -0.39 is 0 Å². The molecule has 0 aliphatic rings. The van der Waals surface area contributed by atoms with Crippen LogP contribution in [0.25, 0.3) is 0 Å². The lowest BCUT2D eigenvalue weighted by Crippen LogP contribution is -2.26. The minimum Gasteiger partial charge on any atom is -0.496 e. The maximum absolute atomic E-state index is 5.93. The molecule has 0 unspecified atom stereocenters. The number of benzene rings is 2. The first-order valence-electron chi connectivity index (χ1n) is 6.56. The van der Waals surface area contributed by atoms with Crippen molar-refractivity contribution in [2.24, 2.45) is 5.84 Å². The average molecular weight is 351 g/mol. The summed E-state index contributed by atoms with van der Waals surface area (Å²) < 4.78 is 12.4. The Balaban J connectivity index is 2.26. The van der Waals surface area contributed by atoms with Crippen LogP contribution < -0.4 is 20.3 Å². The Kier molecular flexibility index (Phi) is 5.09. The molecule has 0 saturated heterocycles. The summed E-state index contributed by atoms with van der Waals surface area (Å²) in [4.78, 5) is 0. The number of anilines is 1. The Bertz CT molecular complexity index is 630. The van der Waals surface area contributed by atoms with E-state index in [-0.39, 0.29) is 0 Å². The number of methoxy groups -OCH3 is 1. The number of nitrogens with zero attached hydrogens (tertiary/aromatic N) is 1. The molecule has 0 aliphatic carbocycles. The van der Waals surface area contributed by atoms with Gasteiger partial charge in [0, 0.05) is 11.5 Å². The minimum absolute atomic E-state index is 0.392. The van der Waals surface area contributed by atoms with Gasteiger partial charge in [-0.2, -0.15) is 0 Å². The van der Waals surface area contributed by atoms with Crippen LogP contribution in [0.2, 0.25) is 0 Å². The van der Waals surface area contributed by atoms with Gasteiger partial charge in [-0.25, -0.2) is 5.84 Å². The minimum atomic E-state index is 0.392. The fourth-order valence-corrected chi connectivity index (χ4v) is 2.62. The molecule has 0 saturated carbocycles. The van der Waals surface area contributed by atoms with Gasteiger partial charge >= 0.3 is 0 Å². The second kappa shape index (κ2) is 6.83. The predicted molar refractivity (Wildman–Crippen MR) is 88.8 cm³/mol. The molecular weight excluding hydrogens is 332 g/mol. The Morgan fingerprint density at radius 3 is 2.57 bits per heavy atom. The molecule has 0 radical (unpaired) electrons. The molecule has 0 aliphatic heterocycles. The van der Waals surface area contributed by atoms with E-state index in [2.05, 4.69) is 15.9 Å². The fourth-order valence-electron chi connectivity index (χ4n) is 2.15. The smallest absolute Gasteiger partial charge is 0.127 e. The van der Waals surface area contributed by atoms with Crippen LogP contribution in [0.3, 0.4) is 0 Å². The van der Waals surface area contributed by atoms with Gasteiger partial charge in [-0.05, 0) is 42.8 Å². The molecule has 112 valence electrons. The lowest BCUT2D eigenvalue weighted by atomic mass is 10.1. The largest absolute Gasteiger partial charge is 0.496 e. The second-order valence-electron chi connectivity index (χ2n) is 4.77. The van der Waals surface area contributed by atoms with Crippen LogP contribution in [0.15, 0.2) is 40.9 Å². The normalized spacial score (nSPS) is 10.3. The number of hydrazine groups is 1. The van der Waals surface area contributed by atoms with E-state index >= 15 is 0 Å². The van der Waals surface area contributed by atoms with Crippen molar-refractivity contribution in [3.63, 3.8) is 0 Å². The maximum Gasteiger partial charge on any atom is 0.127 e. The molecule has 2 rings (SSSR count). The highest BCUT2D eigenvalue weighted by Gasteiger charge is 2.12. The van der Waals surface area contributed by atoms with Crippen molar-refractivity contribution in [3.05, 3.63) is 52.0 Å². The van der Waals surface area contributed by atoms with Crippen molar-refractivity contribution in [3.8, 4) is 11.5 Å². The second-order valence-corrected chi connectivity index (χ2v) is 5.68. The van der Waals surface area contributed by atoms with E-state index in [0.29, 0.717) is 6.61 Å². The average Bonchev–Trinajstić information content (AvgIpc) is 2.45. The molecular formula is C16H19BrN2O2. The standard InChI is InChI=1S/C16H19BrN2O2/c1-11-9-12(17)7-8-15(11)21-10-13-14(19(2)18)5-4-6-16(13)20-3/h4-9H,10,18H2,1-3H3. The van der Waals surface area contributed by atoms with Gasteiger partial charge in [-0.3, -0.25) is 0 Å². The Morgan fingerprint density at radius 2 is 1.95 bits per heavy atom. The van der Waals surface area contributed by atoms with Gasteiger partial charge in [0.05, 0.1) is 18.4 Å². The number of ether oxygens (including phenoxy) is 2. The van der Waals surface area contributed by atoms with Crippen LogP contribution >= 0.6 is 15.9 Å². The van der Waals surface area contributed by atoms with Gasteiger partial charge in [-0.15, -0.1) is 0 Å². The molecule has 0 bridgehead atoms. The van der Waals surface area contributed by atoms with E-state index in [0.717, 1.165) is 32.8 Å². The molecule has 2 aromatic rings. The monoisotopic (exact) mass is 350 g/mol. The summed E-state index contributed by atoms with van der Waals surface area (Å²) in [6.45, 7) is 2.40. The zero-order chi connectivity index (χ0) is 15.4. The van der Waals surface area contributed by atoms with E-state index in [9.17, 15) is 0 Å². The molecule has 2 aromatic carbocycles. The van der Waals surface area contributed by atoms with Crippen molar-refractivity contribution in [2.75, 3.05) is 19.2 Å². The summed E-state index contributed by atoms with van der Waals surface area (Å²) >= 11 is 3.45. The molecule has 0 heterocycles.